The van der Waals surface area contributed by atoms with Gasteiger partial charge in [-0.25, -0.2) is 4.98 Å². The van der Waals surface area contributed by atoms with Gasteiger partial charge in [0.15, 0.2) is 0 Å². The molecule has 3 nitrogen and oxygen atoms in total. The van der Waals surface area contributed by atoms with Crippen LogP contribution in [0.5, 0.6) is 0 Å². The van der Waals surface area contributed by atoms with Crippen molar-refractivity contribution in [2.75, 3.05) is 18.5 Å². The molecule has 1 aromatic heterocycles. The maximum atomic E-state index is 12.7. The SMILES string of the molecule is CC(C)OCCCCNc1ncccc1C(F)(F)F. The van der Waals surface area contributed by atoms with Gasteiger partial charge in [-0.15, -0.1) is 0 Å². The van der Waals surface area contributed by atoms with Gasteiger partial charge in [0, 0.05) is 19.3 Å². The Labute approximate surface area is 111 Å². The van der Waals surface area contributed by atoms with Crippen molar-refractivity contribution < 1.29 is 17.9 Å². The largest absolute Gasteiger partial charge is 0.419 e. The first-order valence-electron chi connectivity index (χ1n) is 6.29. The molecule has 108 valence electrons. The van der Waals surface area contributed by atoms with Gasteiger partial charge in [-0.3, -0.25) is 0 Å². The summed E-state index contributed by atoms with van der Waals surface area (Å²) in [6, 6.07) is 2.31. The Hall–Kier alpha value is -1.30. The van der Waals surface area contributed by atoms with E-state index in [0.29, 0.717) is 13.2 Å². The number of nitrogens with zero attached hydrogens (tertiary/aromatic N) is 1. The molecule has 0 aromatic carbocycles. The molecule has 1 aromatic rings. The summed E-state index contributed by atoms with van der Waals surface area (Å²) < 4.78 is 43.4. The number of pyridine rings is 1. The van der Waals surface area contributed by atoms with Crippen LogP contribution < -0.4 is 5.32 Å². The first-order chi connectivity index (χ1) is 8.91. The number of anilines is 1. The van der Waals surface area contributed by atoms with E-state index in [2.05, 4.69) is 10.3 Å². The van der Waals surface area contributed by atoms with Gasteiger partial charge < -0.3 is 10.1 Å². The normalized spacial score (nSPS) is 11.9. The fraction of sp³-hybridized carbons (Fsp3) is 0.615. The highest BCUT2D eigenvalue weighted by Crippen LogP contribution is 2.33. The second kappa shape index (κ2) is 7.33. The highest BCUT2D eigenvalue weighted by Gasteiger charge is 2.33. The van der Waals surface area contributed by atoms with Crippen LogP contribution >= 0.6 is 0 Å². The second-order valence-electron chi connectivity index (χ2n) is 4.45. The Bertz CT molecular complexity index is 380. The molecule has 0 spiro atoms. The lowest BCUT2D eigenvalue weighted by Crippen LogP contribution is -2.13. The average Bonchev–Trinajstić information content (AvgIpc) is 2.32. The molecule has 0 saturated carbocycles. The van der Waals surface area contributed by atoms with Crippen molar-refractivity contribution in [2.45, 2.75) is 39.0 Å². The molecule has 0 aliphatic rings. The Kier molecular flexibility index (Phi) is 6.08. The van der Waals surface area contributed by atoms with Crippen LogP contribution in [0.4, 0.5) is 19.0 Å². The molecule has 0 saturated heterocycles. The minimum Gasteiger partial charge on any atom is -0.379 e. The van der Waals surface area contributed by atoms with Crippen LogP contribution in [0.1, 0.15) is 32.3 Å². The van der Waals surface area contributed by atoms with E-state index < -0.39 is 11.7 Å². The zero-order valence-electron chi connectivity index (χ0n) is 11.1. The number of unbranched alkanes of at least 4 members (excludes halogenated alkanes) is 1. The third-order valence-electron chi connectivity index (χ3n) is 2.43. The van der Waals surface area contributed by atoms with E-state index in [1.165, 1.54) is 12.3 Å². The molecular weight excluding hydrogens is 257 g/mol. The molecule has 0 bridgehead atoms. The van der Waals surface area contributed by atoms with Gasteiger partial charge in [-0.05, 0) is 38.8 Å². The number of ether oxygens (including phenoxy) is 1. The second-order valence-corrected chi connectivity index (χ2v) is 4.45. The summed E-state index contributed by atoms with van der Waals surface area (Å²) >= 11 is 0. The van der Waals surface area contributed by atoms with Gasteiger partial charge in [0.2, 0.25) is 0 Å². The number of hydrogen-bond donors (Lipinski definition) is 1. The standard InChI is InChI=1S/C13H19F3N2O/c1-10(2)19-9-4-3-7-17-12-11(13(14,15)16)6-5-8-18-12/h5-6,8,10H,3-4,7,9H2,1-2H3,(H,17,18). The van der Waals surface area contributed by atoms with E-state index in [0.717, 1.165) is 18.9 Å². The van der Waals surface area contributed by atoms with Gasteiger partial charge >= 0.3 is 6.18 Å². The van der Waals surface area contributed by atoms with Crippen molar-refractivity contribution in [3.05, 3.63) is 23.9 Å². The van der Waals surface area contributed by atoms with E-state index in [1.54, 1.807) is 0 Å². The molecule has 0 fully saturated rings. The molecule has 0 aliphatic heterocycles. The third kappa shape index (κ3) is 5.92. The highest BCUT2D eigenvalue weighted by molar-refractivity contribution is 5.45. The number of hydrogen-bond acceptors (Lipinski definition) is 3. The number of aromatic nitrogens is 1. The van der Waals surface area contributed by atoms with Crippen molar-refractivity contribution >= 4 is 5.82 Å². The summed E-state index contributed by atoms with van der Waals surface area (Å²) in [5, 5.41) is 2.72. The average molecular weight is 276 g/mol. The summed E-state index contributed by atoms with van der Waals surface area (Å²) in [6.45, 7) is 4.96. The smallest absolute Gasteiger partial charge is 0.379 e. The summed E-state index contributed by atoms with van der Waals surface area (Å²) in [6.07, 6.45) is -1.31. The van der Waals surface area contributed by atoms with Crippen molar-refractivity contribution in [1.29, 1.82) is 0 Å². The number of rotatable bonds is 7. The lowest BCUT2D eigenvalue weighted by atomic mass is 10.2. The first-order valence-corrected chi connectivity index (χ1v) is 6.29. The first kappa shape index (κ1) is 15.8. The van der Waals surface area contributed by atoms with Crippen LogP contribution in [0.15, 0.2) is 18.3 Å². The van der Waals surface area contributed by atoms with Gasteiger partial charge in [-0.2, -0.15) is 13.2 Å². The summed E-state index contributed by atoms with van der Waals surface area (Å²) in [5.74, 6) is -0.111. The third-order valence-corrected chi connectivity index (χ3v) is 2.43. The fourth-order valence-electron chi connectivity index (χ4n) is 1.53. The van der Waals surface area contributed by atoms with E-state index in [4.69, 9.17) is 4.74 Å². The van der Waals surface area contributed by atoms with Gasteiger partial charge in [0.1, 0.15) is 5.82 Å². The Balaban J connectivity index is 2.37. The zero-order chi connectivity index (χ0) is 14.3. The van der Waals surface area contributed by atoms with Crippen LogP contribution in [0.3, 0.4) is 0 Å². The van der Waals surface area contributed by atoms with Gasteiger partial charge in [-0.1, -0.05) is 0 Å². The number of nitrogens with one attached hydrogen (secondary N) is 1. The van der Waals surface area contributed by atoms with Crippen LogP contribution in [0.25, 0.3) is 0 Å². The molecule has 0 amide bonds. The Morgan fingerprint density at radius 2 is 2.05 bits per heavy atom. The molecular formula is C13H19F3N2O. The van der Waals surface area contributed by atoms with E-state index in [9.17, 15) is 13.2 Å². The highest BCUT2D eigenvalue weighted by atomic mass is 19.4. The molecule has 0 unspecified atom stereocenters. The van der Waals surface area contributed by atoms with Crippen molar-refractivity contribution in [1.82, 2.24) is 4.98 Å². The molecule has 6 heteroatoms. The molecule has 1 N–H and O–H groups in total. The molecule has 0 atom stereocenters. The molecule has 1 rings (SSSR count). The fourth-order valence-corrected chi connectivity index (χ4v) is 1.53. The van der Waals surface area contributed by atoms with Gasteiger partial charge in [0.25, 0.3) is 0 Å². The lowest BCUT2D eigenvalue weighted by Gasteiger charge is -2.13. The Morgan fingerprint density at radius 3 is 2.68 bits per heavy atom. The molecule has 0 aliphatic carbocycles. The van der Waals surface area contributed by atoms with Crippen molar-refractivity contribution in [3.63, 3.8) is 0 Å². The minimum absolute atomic E-state index is 0.111. The number of halogens is 3. The van der Waals surface area contributed by atoms with Crippen molar-refractivity contribution in [3.8, 4) is 0 Å². The molecule has 19 heavy (non-hydrogen) atoms. The van der Waals surface area contributed by atoms with E-state index in [-0.39, 0.29) is 11.9 Å². The van der Waals surface area contributed by atoms with E-state index in [1.807, 2.05) is 13.8 Å². The maximum absolute atomic E-state index is 12.7. The topological polar surface area (TPSA) is 34.1 Å². The zero-order valence-corrected chi connectivity index (χ0v) is 11.1. The quantitative estimate of drug-likeness (QED) is 0.771. The van der Waals surface area contributed by atoms with Crippen molar-refractivity contribution in [2.24, 2.45) is 0 Å². The van der Waals surface area contributed by atoms with Crippen LogP contribution in [0, 0.1) is 0 Å². The summed E-state index contributed by atoms with van der Waals surface area (Å²) in [7, 11) is 0. The number of alkyl halides is 3. The Morgan fingerprint density at radius 1 is 1.32 bits per heavy atom. The van der Waals surface area contributed by atoms with E-state index >= 15 is 0 Å². The molecule has 1 heterocycles. The van der Waals surface area contributed by atoms with Crippen LogP contribution in [0.2, 0.25) is 0 Å². The predicted molar refractivity (Wildman–Crippen MR) is 68.1 cm³/mol. The summed E-state index contributed by atoms with van der Waals surface area (Å²) in [4.78, 5) is 3.73. The maximum Gasteiger partial charge on any atom is 0.419 e. The molecule has 0 radical (unpaired) electrons. The van der Waals surface area contributed by atoms with Crippen LogP contribution in [-0.4, -0.2) is 24.2 Å². The minimum atomic E-state index is -4.38. The predicted octanol–water partition coefficient (Wildman–Crippen LogP) is 3.72. The monoisotopic (exact) mass is 276 g/mol. The summed E-state index contributed by atoms with van der Waals surface area (Å²) in [5.41, 5.74) is -0.728. The lowest BCUT2D eigenvalue weighted by molar-refractivity contribution is -0.137. The van der Waals surface area contributed by atoms with Crippen LogP contribution in [-0.2, 0) is 10.9 Å². The van der Waals surface area contributed by atoms with Gasteiger partial charge in [0.05, 0.1) is 11.7 Å².